The Bertz CT molecular complexity index is 582. The summed E-state index contributed by atoms with van der Waals surface area (Å²) in [5.74, 6) is 1.09. The third-order valence-electron chi connectivity index (χ3n) is 2.51. The van der Waals surface area contributed by atoms with E-state index in [-0.39, 0.29) is 0 Å². The molecular formula is C15H15N3. The third-order valence-corrected chi connectivity index (χ3v) is 2.51. The summed E-state index contributed by atoms with van der Waals surface area (Å²) in [6, 6.07) is 13.8. The first kappa shape index (κ1) is 12.0. The van der Waals surface area contributed by atoms with E-state index in [2.05, 4.69) is 16.6 Å². The molecule has 2 N–H and O–H groups in total. The largest absolute Gasteiger partial charge is 0.387 e. The van der Waals surface area contributed by atoms with Gasteiger partial charge in [-0.3, -0.25) is 0 Å². The first-order chi connectivity index (χ1) is 8.66. The fourth-order valence-corrected chi connectivity index (χ4v) is 1.65. The van der Waals surface area contributed by atoms with E-state index in [1.165, 1.54) is 0 Å². The van der Waals surface area contributed by atoms with E-state index >= 15 is 0 Å². The van der Waals surface area contributed by atoms with Crippen molar-refractivity contribution in [2.24, 2.45) is 10.7 Å². The number of aromatic nitrogens is 1. The van der Waals surface area contributed by atoms with Gasteiger partial charge in [0.05, 0.1) is 5.84 Å². The molecule has 3 nitrogen and oxygen atoms in total. The highest BCUT2D eigenvalue weighted by molar-refractivity contribution is 5.82. The maximum atomic E-state index is 5.55. The molecule has 90 valence electrons. The maximum absolute atomic E-state index is 5.55. The molecule has 0 saturated carbocycles. The zero-order valence-corrected chi connectivity index (χ0v) is 10.3. The van der Waals surface area contributed by atoms with E-state index in [4.69, 9.17) is 5.73 Å². The predicted octanol–water partition coefficient (Wildman–Crippen LogP) is 3.15. The van der Waals surface area contributed by atoms with Crippen molar-refractivity contribution < 1.29 is 0 Å². The number of benzene rings is 1. The van der Waals surface area contributed by atoms with Crippen LogP contribution in [-0.2, 0) is 0 Å². The number of hydrogen-bond donors (Lipinski definition) is 1. The van der Waals surface area contributed by atoms with Crippen molar-refractivity contribution in [3.05, 3.63) is 66.4 Å². The van der Waals surface area contributed by atoms with Gasteiger partial charge < -0.3 is 5.73 Å². The summed E-state index contributed by atoms with van der Waals surface area (Å²) in [6.07, 6.45) is 1.71. The van der Waals surface area contributed by atoms with Crippen LogP contribution in [0, 0.1) is 0 Å². The molecule has 0 aliphatic rings. The lowest BCUT2D eigenvalue weighted by Gasteiger charge is -2.06. The van der Waals surface area contributed by atoms with Crippen LogP contribution in [0.25, 0.3) is 5.57 Å². The van der Waals surface area contributed by atoms with E-state index in [9.17, 15) is 0 Å². The number of aliphatic imine (C=N–C) groups is 1. The average molecular weight is 237 g/mol. The van der Waals surface area contributed by atoms with Crippen molar-refractivity contribution in [1.29, 1.82) is 0 Å². The van der Waals surface area contributed by atoms with Crippen LogP contribution in [0.2, 0.25) is 0 Å². The molecule has 0 saturated heterocycles. The van der Waals surface area contributed by atoms with E-state index in [0.717, 1.165) is 16.7 Å². The van der Waals surface area contributed by atoms with E-state index < -0.39 is 0 Å². The Hall–Kier alpha value is -2.42. The maximum Gasteiger partial charge on any atom is 0.154 e. The molecule has 0 aliphatic heterocycles. The molecule has 1 aromatic heterocycles. The molecule has 0 radical (unpaired) electrons. The number of rotatable bonds is 3. The standard InChI is InChI=1S/C15H15N3/c1-11(13-6-4-3-5-7-13)14-8-9-17-15(10-14)18-12(2)16/h3-10H,1H2,2H3,(H2,16,17,18). The first-order valence-corrected chi connectivity index (χ1v) is 5.68. The highest BCUT2D eigenvalue weighted by atomic mass is 14.9. The van der Waals surface area contributed by atoms with Crippen LogP contribution in [0.1, 0.15) is 18.1 Å². The van der Waals surface area contributed by atoms with Gasteiger partial charge in [-0.25, -0.2) is 9.98 Å². The second-order valence-electron chi connectivity index (χ2n) is 4.00. The van der Waals surface area contributed by atoms with Crippen molar-refractivity contribution in [3.8, 4) is 0 Å². The Morgan fingerprint density at radius 3 is 2.56 bits per heavy atom. The van der Waals surface area contributed by atoms with Crippen LogP contribution in [0.15, 0.2) is 60.2 Å². The molecule has 1 aromatic carbocycles. The molecule has 18 heavy (non-hydrogen) atoms. The Kier molecular flexibility index (Phi) is 3.53. The van der Waals surface area contributed by atoms with E-state index in [1.807, 2.05) is 42.5 Å². The summed E-state index contributed by atoms with van der Waals surface area (Å²) in [5.41, 5.74) is 8.58. The van der Waals surface area contributed by atoms with Gasteiger partial charge >= 0.3 is 0 Å². The van der Waals surface area contributed by atoms with Crippen LogP contribution < -0.4 is 5.73 Å². The number of hydrogen-bond acceptors (Lipinski definition) is 2. The van der Waals surface area contributed by atoms with Gasteiger partial charge in [0.1, 0.15) is 0 Å². The van der Waals surface area contributed by atoms with Crippen LogP contribution in [0.4, 0.5) is 5.82 Å². The minimum Gasteiger partial charge on any atom is -0.387 e. The van der Waals surface area contributed by atoms with Gasteiger partial charge in [-0.05, 0) is 35.8 Å². The zero-order chi connectivity index (χ0) is 13.0. The summed E-state index contributed by atoms with van der Waals surface area (Å²) in [7, 11) is 0. The summed E-state index contributed by atoms with van der Waals surface area (Å²) in [6.45, 7) is 5.84. The molecule has 2 rings (SSSR count). The fourth-order valence-electron chi connectivity index (χ4n) is 1.65. The molecule has 0 fully saturated rings. The molecule has 2 aromatic rings. The van der Waals surface area contributed by atoms with E-state index in [1.54, 1.807) is 13.1 Å². The minimum absolute atomic E-state index is 0.491. The lowest BCUT2D eigenvalue weighted by atomic mass is 10.0. The number of amidine groups is 1. The molecule has 0 bridgehead atoms. The lowest BCUT2D eigenvalue weighted by molar-refractivity contribution is 1.25. The zero-order valence-electron chi connectivity index (χ0n) is 10.3. The third kappa shape index (κ3) is 2.83. The fraction of sp³-hybridized carbons (Fsp3) is 0.0667. The smallest absolute Gasteiger partial charge is 0.154 e. The summed E-state index contributed by atoms with van der Waals surface area (Å²) >= 11 is 0. The van der Waals surface area contributed by atoms with Crippen LogP contribution >= 0.6 is 0 Å². The second kappa shape index (κ2) is 5.27. The van der Waals surface area contributed by atoms with Crippen molar-refractivity contribution in [3.63, 3.8) is 0 Å². The molecule has 0 atom stereocenters. The molecular weight excluding hydrogens is 222 g/mol. The monoisotopic (exact) mass is 237 g/mol. The Morgan fingerprint density at radius 1 is 1.17 bits per heavy atom. The van der Waals surface area contributed by atoms with Gasteiger partial charge in [-0.1, -0.05) is 36.9 Å². The molecule has 0 aliphatic carbocycles. The lowest BCUT2D eigenvalue weighted by Crippen LogP contribution is -2.04. The summed E-state index contributed by atoms with van der Waals surface area (Å²) in [4.78, 5) is 8.29. The molecule has 1 heterocycles. The van der Waals surface area contributed by atoms with E-state index in [0.29, 0.717) is 11.7 Å². The molecule has 3 heteroatoms. The highest BCUT2D eigenvalue weighted by Gasteiger charge is 2.03. The topological polar surface area (TPSA) is 51.3 Å². The number of nitrogens with zero attached hydrogens (tertiary/aromatic N) is 2. The Morgan fingerprint density at radius 2 is 1.89 bits per heavy atom. The quantitative estimate of drug-likeness (QED) is 0.658. The van der Waals surface area contributed by atoms with Crippen molar-refractivity contribution in [1.82, 2.24) is 4.98 Å². The van der Waals surface area contributed by atoms with Crippen LogP contribution in [0.3, 0.4) is 0 Å². The Labute approximate surface area is 107 Å². The second-order valence-corrected chi connectivity index (χ2v) is 4.00. The van der Waals surface area contributed by atoms with Gasteiger partial charge in [0.25, 0.3) is 0 Å². The SMILES string of the molecule is C=C(c1ccccc1)c1ccnc(N=C(C)N)c1. The van der Waals surface area contributed by atoms with Gasteiger partial charge in [0.15, 0.2) is 5.82 Å². The van der Waals surface area contributed by atoms with Crippen LogP contribution in [0.5, 0.6) is 0 Å². The molecule has 0 spiro atoms. The molecule has 0 unspecified atom stereocenters. The summed E-state index contributed by atoms with van der Waals surface area (Å²) < 4.78 is 0. The first-order valence-electron chi connectivity index (χ1n) is 5.68. The number of nitrogens with two attached hydrogens (primary N) is 1. The van der Waals surface area contributed by atoms with Crippen molar-refractivity contribution in [2.45, 2.75) is 6.92 Å². The minimum atomic E-state index is 0.491. The average Bonchev–Trinajstić information content (AvgIpc) is 2.38. The van der Waals surface area contributed by atoms with Crippen molar-refractivity contribution in [2.75, 3.05) is 0 Å². The van der Waals surface area contributed by atoms with Gasteiger partial charge in [0.2, 0.25) is 0 Å². The molecule has 0 amide bonds. The highest BCUT2D eigenvalue weighted by Crippen LogP contribution is 2.23. The normalized spacial score (nSPS) is 11.3. The van der Waals surface area contributed by atoms with Crippen LogP contribution in [-0.4, -0.2) is 10.8 Å². The Balaban J connectivity index is 2.35. The number of pyridine rings is 1. The van der Waals surface area contributed by atoms with Crippen molar-refractivity contribution >= 4 is 17.2 Å². The van der Waals surface area contributed by atoms with Gasteiger partial charge in [0, 0.05) is 6.20 Å². The summed E-state index contributed by atoms with van der Waals surface area (Å²) in [5, 5.41) is 0. The van der Waals surface area contributed by atoms with Gasteiger partial charge in [-0.2, -0.15) is 0 Å². The predicted molar refractivity (Wildman–Crippen MR) is 75.8 cm³/mol. The van der Waals surface area contributed by atoms with Gasteiger partial charge in [-0.15, -0.1) is 0 Å².